The maximum Gasteiger partial charge on any atom is 0.0722 e. The van der Waals surface area contributed by atoms with Crippen LogP contribution in [0.4, 0.5) is 17.1 Å². The van der Waals surface area contributed by atoms with Crippen LogP contribution in [0, 0.1) is 6.92 Å². The standard InChI is InChI=1S/C16H15N3/c1-11-5-2-7-13(17)16(11)19-15-9-3-8-14-12(15)6-4-10-18-14/h2-10,19H,17H2,1H3. The molecule has 19 heavy (non-hydrogen) atoms. The summed E-state index contributed by atoms with van der Waals surface area (Å²) < 4.78 is 0. The van der Waals surface area contributed by atoms with E-state index in [9.17, 15) is 0 Å². The minimum absolute atomic E-state index is 0.751. The van der Waals surface area contributed by atoms with Crippen molar-refractivity contribution in [2.75, 3.05) is 11.1 Å². The van der Waals surface area contributed by atoms with Crippen LogP contribution in [0.25, 0.3) is 10.9 Å². The first-order chi connectivity index (χ1) is 9.25. The number of nitrogens with zero attached hydrogens (tertiary/aromatic N) is 1. The van der Waals surface area contributed by atoms with Gasteiger partial charge in [0.1, 0.15) is 0 Å². The van der Waals surface area contributed by atoms with E-state index >= 15 is 0 Å². The summed E-state index contributed by atoms with van der Waals surface area (Å²) in [7, 11) is 0. The molecule has 0 aliphatic heterocycles. The van der Waals surface area contributed by atoms with E-state index in [1.165, 1.54) is 0 Å². The van der Waals surface area contributed by atoms with Gasteiger partial charge in [-0.1, -0.05) is 18.2 Å². The third kappa shape index (κ3) is 2.10. The first-order valence-corrected chi connectivity index (χ1v) is 6.21. The maximum absolute atomic E-state index is 6.04. The molecule has 3 nitrogen and oxygen atoms in total. The minimum Gasteiger partial charge on any atom is -0.397 e. The number of para-hydroxylation sites is 1. The number of nitrogen functional groups attached to an aromatic ring is 1. The van der Waals surface area contributed by atoms with Crippen LogP contribution in [0.3, 0.4) is 0 Å². The molecular formula is C16H15N3. The van der Waals surface area contributed by atoms with E-state index in [2.05, 4.69) is 16.4 Å². The number of rotatable bonds is 2. The van der Waals surface area contributed by atoms with Crippen molar-refractivity contribution in [2.24, 2.45) is 0 Å². The highest BCUT2D eigenvalue weighted by Gasteiger charge is 2.06. The quantitative estimate of drug-likeness (QED) is 0.678. The summed E-state index contributed by atoms with van der Waals surface area (Å²) in [5.74, 6) is 0. The normalized spacial score (nSPS) is 10.6. The van der Waals surface area contributed by atoms with Crippen molar-refractivity contribution in [3.63, 3.8) is 0 Å². The molecule has 2 aromatic carbocycles. The van der Waals surface area contributed by atoms with Crippen molar-refractivity contribution < 1.29 is 0 Å². The van der Waals surface area contributed by atoms with Gasteiger partial charge in [-0.15, -0.1) is 0 Å². The van der Waals surface area contributed by atoms with Gasteiger partial charge in [-0.25, -0.2) is 0 Å². The monoisotopic (exact) mass is 249 g/mol. The molecule has 0 saturated heterocycles. The molecule has 3 heteroatoms. The smallest absolute Gasteiger partial charge is 0.0722 e. The van der Waals surface area contributed by atoms with Crippen molar-refractivity contribution in [1.82, 2.24) is 4.98 Å². The number of aromatic nitrogens is 1. The molecule has 0 amide bonds. The van der Waals surface area contributed by atoms with Crippen molar-refractivity contribution in [2.45, 2.75) is 6.92 Å². The van der Waals surface area contributed by atoms with E-state index in [1.54, 1.807) is 6.20 Å². The fourth-order valence-electron chi connectivity index (χ4n) is 2.21. The van der Waals surface area contributed by atoms with Crippen LogP contribution in [0.2, 0.25) is 0 Å². The second-order valence-corrected chi connectivity index (χ2v) is 4.54. The predicted molar refractivity (Wildman–Crippen MR) is 80.6 cm³/mol. The van der Waals surface area contributed by atoms with Gasteiger partial charge in [0, 0.05) is 17.3 Å². The molecule has 94 valence electrons. The molecule has 1 aromatic heterocycles. The van der Waals surface area contributed by atoms with Gasteiger partial charge in [-0.05, 0) is 42.8 Å². The van der Waals surface area contributed by atoms with E-state index in [4.69, 9.17) is 5.73 Å². The van der Waals surface area contributed by atoms with Crippen LogP contribution in [-0.4, -0.2) is 4.98 Å². The molecule has 3 aromatic rings. The van der Waals surface area contributed by atoms with Crippen molar-refractivity contribution >= 4 is 28.0 Å². The predicted octanol–water partition coefficient (Wildman–Crippen LogP) is 3.87. The minimum atomic E-state index is 0.751. The number of nitrogens with two attached hydrogens (primary N) is 1. The Hall–Kier alpha value is -2.55. The highest BCUT2D eigenvalue weighted by atomic mass is 14.9. The third-order valence-electron chi connectivity index (χ3n) is 3.21. The van der Waals surface area contributed by atoms with E-state index in [0.717, 1.165) is 33.5 Å². The zero-order valence-corrected chi connectivity index (χ0v) is 10.7. The molecular weight excluding hydrogens is 234 g/mol. The van der Waals surface area contributed by atoms with Crippen LogP contribution in [-0.2, 0) is 0 Å². The Kier molecular flexibility index (Phi) is 2.80. The second-order valence-electron chi connectivity index (χ2n) is 4.54. The van der Waals surface area contributed by atoms with E-state index in [0.29, 0.717) is 0 Å². The van der Waals surface area contributed by atoms with Gasteiger partial charge in [0.2, 0.25) is 0 Å². The molecule has 0 atom stereocenters. The van der Waals surface area contributed by atoms with E-state index in [1.807, 2.05) is 49.4 Å². The highest BCUT2D eigenvalue weighted by molar-refractivity contribution is 5.94. The fraction of sp³-hybridized carbons (Fsp3) is 0.0625. The molecule has 3 N–H and O–H groups in total. The summed E-state index contributed by atoms with van der Waals surface area (Å²) >= 11 is 0. The Balaban J connectivity index is 2.11. The van der Waals surface area contributed by atoms with E-state index in [-0.39, 0.29) is 0 Å². The molecule has 3 rings (SSSR count). The third-order valence-corrected chi connectivity index (χ3v) is 3.21. The Morgan fingerprint density at radius 3 is 2.68 bits per heavy atom. The highest BCUT2D eigenvalue weighted by Crippen LogP contribution is 2.30. The molecule has 0 aliphatic rings. The zero-order chi connectivity index (χ0) is 13.2. The second kappa shape index (κ2) is 4.61. The number of fused-ring (bicyclic) bond motifs is 1. The molecule has 0 aliphatic carbocycles. The van der Waals surface area contributed by atoms with Crippen LogP contribution in [0.5, 0.6) is 0 Å². The SMILES string of the molecule is Cc1cccc(N)c1Nc1cccc2ncccc12. The number of hydrogen-bond donors (Lipinski definition) is 2. The van der Waals surface area contributed by atoms with Crippen LogP contribution in [0.1, 0.15) is 5.56 Å². The molecule has 0 unspecified atom stereocenters. The summed E-state index contributed by atoms with van der Waals surface area (Å²) in [5.41, 5.74) is 10.9. The fourth-order valence-corrected chi connectivity index (χ4v) is 2.21. The van der Waals surface area contributed by atoms with Gasteiger partial charge in [-0.2, -0.15) is 0 Å². The summed E-state index contributed by atoms with van der Waals surface area (Å²) in [6.07, 6.45) is 1.80. The lowest BCUT2D eigenvalue weighted by Gasteiger charge is -2.13. The largest absolute Gasteiger partial charge is 0.397 e. The molecule has 1 heterocycles. The van der Waals surface area contributed by atoms with Crippen LogP contribution < -0.4 is 11.1 Å². The van der Waals surface area contributed by atoms with Gasteiger partial charge in [0.15, 0.2) is 0 Å². The molecule has 0 radical (unpaired) electrons. The Morgan fingerprint density at radius 1 is 1.00 bits per heavy atom. The van der Waals surface area contributed by atoms with Gasteiger partial charge >= 0.3 is 0 Å². The van der Waals surface area contributed by atoms with Crippen molar-refractivity contribution in [3.05, 3.63) is 60.3 Å². The lowest BCUT2D eigenvalue weighted by Crippen LogP contribution is -1.99. The van der Waals surface area contributed by atoms with E-state index < -0.39 is 0 Å². The van der Waals surface area contributed by atoms with Gasteiger partial charge in [-0.3, -0.25) is 4.98 Å². The van der Waals surface area contributed by atoms with Crippen LogP contribution in [0.15, 0.2) is 54.7 Å². The van der Waals surface area contributed by atoms with Crippen LogP contribution >= 0.6 is 0 Å². The lowest BCUT2D eigenvalue weighted by molar-refractivity contribution is 1.40. The average molecular weight is 249 g/mol. The Labute approximate surface area is 112 Å². The number of pyridine rings is 1. The first-order valence-electron chi connectivity index (χ1n) is 6.21. The summed E-state index contributed by atoms with van der Waals surface area (Å²) in [5, 5.41) is 4.51. The molecule has 0 spiro atoms. The molecule has 0 saturated carbocycles. The number of benzene rings is 2. The molecule has 0 bridgehead atoms. The lowest BCUT2D eigenvalue weighted by atomic mass is 10.1. The molecule has 0 fully saturated rings. The zero-order valence-electron chi connectivity index (χ0n) is 10.7. The number of hydrogen-bond acceptors (Lipinski definition) is 3. The Morgan fingerprint density at radius 2 is 1.84 bits per heavy atom. The average Bonchev–Trinajstić information content (AvgIpc) is 2.43. The summed E-state index contributed by atoms with van der Waals surface area (Å²) in [6.45, 7) is 2.04. The Bertz CT molecular complexity index is 709. The van der Waals surface area contributed by atoms with Crippen molar-refractivity contribution in [3.8, 4) is 0 Å². The summed E-state index contributed by atoms with van der Waals surface area (Å²) in [4.78, 5) is 4.36. The number of nitrogens with one attached hydrogen (secondary N) is 1. The summed E-state index contributed by atoms with van der Waals surface area (Å²) in [6, 6.07) is 15.9. The number of aryl methyl sites for hydroxylation is 1. The number of anilines is 3. The van der Waals surface area contributed by atoms with Crippen molar-refractivity contribution in [1.29, 1.82) is 0 Å². The topological polar surface area (TPSA) is 50.9 Å². The first kappa shape index (κ1) is 11.5. The maximum atomic E-state index is 6.04. The van der Waals surface area contributed by atoms with Gasteiger partial charge in [0.25, 0.3) is 0 Å². The van der Waals surface area contributed by atoms with Gasteiger partial charge in [0.05, 0.1) is 16.9 Å². The van der Waals surface area contributed by atoms with Gasteiger partial charge < -0.3 is 11.1 Å².